The van der Waals surface area contributed by atoms with Gasteiger partial charge in [-0.3, -0.25) is 4.68 Å². The van der Waals surface area contributed by atoms with E-state index in [1.54, 1.807) is 14.0 Å². The van der Waals surface area contributed by atoms with Crippen molar-refractivity contribution in [3.8, 4) is 0 Å². The summed E-state index contributed by atoms with van der Waals surface area (Å²) in [6.07, 6.45) is -1.71. The molecule has 128 valence electrons. The third-order valence-corrected chi connectivity index (χ3v) is 3.69. The van der Waals surface area contributed by atoms with Crippen LogP contribution < -0.4 is 0 Å². The lowest BCUT2D eigenvalue weighted by Crippen LogP contribution is -2.05. The molecule has 2 aromatic rings. The van der Waals surface area contributed by atoms with E-state index >= 15 is 0 Å². The molecule has 0 bridgehead atoms. The second kappa shape index (κ2) is 7.09. The maximum atomic E-state index is 12.5. The van der Waals surface area contributed by atoms with Gasteiger partial charge in [0.25, 0.3) is 0 Å². The lowest BCUT2D eigenvalue weighted by molar-refractivity contribution is -0.139. The number of hydrogen-bond donors (Lipinski definition) is 0. The Kier molecular flexibility index (Phi) is 5.33. The SMILES string of the molecule is Cc1nn(C)c(Cl)c1C=CC(=O)OCc1ccc(C(F)(F)F)cc1. The monoisotopic (exact) mass is 358 g/mol. The van der Waals surface area contributed by atoms with E-state index in [1.807, 2.05) is 0 Å². The van der Waals surface area contributed by atoms with Gasteiger partial charge in [-0.2, -0.15) is 18.3 Å². The molecule has 4 nitrogen and oxygen atoms in total. The molecule has 1 aromatic carbocycles. The van der Waals surface area contributed by atoms with Gasteiger partial charge in [0.1, 0.15) is 11.8 Å². The molecule has 0 aliphatic heterocycles. The Morgan fingerprint density at radius 2 is 1.96 bits per heavy atom. The van der Waals surface area contributed by atoms with Gasteiger partial charge in [-0.1, -0.05) is 23.7 Å². The molecule has 0 atom stereocenters. The van der Waals surface area contributed by atoms with Crippen LogP contribution in [-0.4, -0.2) is 15.7 Å². The number of nitrogens with zero attached hydrogens (tertiary/aromatic N) is 2. The van der Waals surface area contributed by atoms with E-state index in [1.165, 1.54) is 29.0 Å². The molecule has 0 unspecified atom stereocenters. The number of ether oxygens (including phenoxy) is 1. The lowest BCUT2D eigenvalue weighted by Gasteiger charge is -2.07. The Labute approximate surface area is 141 Å². The minimum Gasteiger partial charge on any atom is -0.458 e. The topological polar surface area (TPSA) is 44.1 Å². The predicted octanol–water partition coefficient (Wildman–Crippen LogP) is 4.16. The lowest BCUT2D eigenvalue weighted by atomic mass is 10.1. The standard InChI is InChI=1S/C16H14ClF3N2O2/c1-10-13(15(17)22(2)21-10)7-8-14(23)24-9-11-3-5-12(6-4-11)16(18,19)20/h3-8H,9H2,1-2H3. The number of esters is 1. The first-order valence-corrected chi connectivity index (χ1v) is 7.26. The average Bonchev–Trinajstić information content (AvgIpc) is 2.75. The van der Waals surface area contributed by atoms with E-state index in [-0.39, 0.29) is 6.61 Å². The minimum atomic E-state index is -4.39. The number of carbonyl (C=O) groups is 1. The van der Waals surface area contributed by atoms with Gasteiger partial charge >= 0.3 is 12.1 Å². The zero-order valence-electron chi connectivity index (χ0n) is 12.9. The molecule has 8 heteroatoms. The third-order valence-electron chi connectivity index (χ3n) is 3.24. The highest BCUT2D eigenvalue weighted by Gasteiger charge is 2.29. The third kappa shape index (κ3) is 4.38. The molecule has 2 rings (SSSR count). The Morgan fingerprint density at radius 1 is 1.33 bits per heavy atom. The summed E-state index contributed by atoms with van der Waals surface area (Å²) in [6, 6.07) is 4.42. The van der Waals surface area contributed by atoms with Crippen molar-refractivity contribution in [2.75, 3.05) is 0 Å². The number of alkyl halides is 3. The first kappa shape index (κ1) is 18.1. The van der Waals surface area contributed by atoms with E-state index in [0.717, 1.165) is 12.1 Å². The van der Waals surface area contributed by atoms with Gasteiger partial charge in [0, 0.05) is 18.7 Å². The Bertz CT molecular complexity index is 765. The van der Waals surface area contributed by atoms with Gasteiger partial charge < -0.3 is 4.74 Å². The average molecular weight is 359 g/mol. The van der Waals surface area contributed by atoms with Crippen molar-refractivity contribution in [3.63, 3.8) is 0 Å². The molecule has 0 N–H and O–H groups in total. The van der Waals surface area contributed by atoms with Crippen molar-refractivity contribution < 1.29 is 22.7 Å². The number of halogens is 4. The number of carbonyl (C=O) groups excluding carboxylic acids is 1. The fourth-order valence-electron chi connectivity index (χ4n) is 1.98. The van der Waals surface area contributed by atoms with Crippen LogP contribution in [0.2, 0.25) is 5.15 Å². The molecule has 24 heavy (non-hydrogen) atoms. The smallest absolute Gasteiger partial charge is 0.416 e. The number of hydrogen-bond acceptors (Lipinski definition) is 3. The molecule has 0 aliphatic carbocycles. The molecule has 1 aromatic heterocycles. The van der Waals surface area contributed by atoms with Crippen LogP contribution >= 0.6 is 11.6 Å². The normalized spacial score (nSPS) is 11.9. The summed E-state index contributed by atoms with van der Waals surface area (Å²) >= 11 is 6.03. The number of benzene rings is 1. The summed E-state index contributed by atoms with van der Waals surface area (Å²) in [5.74, 6) is -0.630. The summed E-state index contributed by atoms with van der Waals surface area (Å²) in [6.45, 7) is 1.63. The highest BCUT2D eigenvalue weighted by Crippen LogP contribution is 2.29. The summed E-state index contributed by atoms with van der Waals surface area (Å²) in [4.78, 5) is 11.7. The second-order valence-electron chi connectivity index (χ2n) is 5.05. The van der Waals surface area contributed by atoms with Gasteiger partial charge in [0.15, 0.2) is 0 Å². The van der Waals surface area contributed by atoms with Crippen LogP contribution in [0.4, 0.5) is 13.2 Å². The molecular weight excluding hydrogens is 345 g/mol. The number of rotatable bonds is 4. The maximum Gasteiger partial charge on any atom is 0.416 e. The maximum absolute atomic E-state index is 12.5. The molecule has 0 fully saturated rings. The van der Waals surface area contributed by atoms with Gasteiger partial charge in [-0.15, -0.1) is 0 Å². The van der Waals surface area contributed by atoms with Crippen molar-refractivity contribution in [3.05, 3.63) is 57.9 Å². The van der Waals surface area contributed by atoms with Crippen LogP contribution in [0.15, 0.2) is 30.3 Å². The van der Waals surface area contributed by atoms with Gasteiger partial charge in [-0.25, -0.2) is 4.79 Å². The molecule has 0 aliphatic rings. The number of aromatic nitrogens is 2. The van der Waals surface area contributed by atoms with E-state index in [2.05, 4.69) is 5.10 Å². The quantitative estimate of drug-likeness (QED) is 0.609. The van der Waals surface area contributed by atoms with E-state index < -0.39 is 17.7 Å². The highest BCUT2D eigenvalue weighted by atomic mass is 35.5. The molecule has 0 saturated heterocycles. The Morgan fingerprint density at radius 3 is 2.46 bits per heavy atom. The van der Waals surface area contributed by atoms with Crippen LogP contribution in [0.25, 0.3) is 6.08 Å². The van der Waals surface area contributed by atoms with Gasteiger partial charge in [-0.05, 0) is 30.7 Å². The van der Waals surface area contributed by atoms with Crippen LogP contribution in [0.3, 0.4) is 0 Å². The van der Waals surface area contributed by atoms with Crippen LogP contribution in [0.5, 0.6) is 0 Å². The van der Waals surface area contributed by atoms with Crippen LogP contribution in [0.1, 0.15) is 22.4 Å². The fourth-order valence-corrected chi connectivity index (χ4v) is 2.22. The van der Waals surface area contributed by atoms with E-state index in [0.29, 0.717) is 22.0 Å². The summed E-state index contributed by atoms with van der Waals surface area (Å²) in [7, 11) is 1.68. The fraction of sp³-hybridized carbons (Fsp3) is 0.250. The van der Waals surface area contributed by atoms with Crippen molar-refractivity contribution in [2.45, 2.75) is 19.7 Å². The predicted molar refractivity (Wildman–Crippen MR) is 83.2 cm³/mol. The molecule has 0 spiro atoms. The summed E-state index contributed by atoms with van der Waals surface area (Å²) in [5.41, 5.74) is 0.972. The summed E-state index contributed by atoms with van der Waals surface area (Å²) in [5, 5.41) is 4.49. The highest BCUT2D eigenvalue weighted by molar-refractivity contribution is 6.31. The van der Waals surface area contributed by atoms with Gasteiger partial charge in [0.2, 0.25) is 0 Å². The molecule has 1 heterocycles. The largest absolute Gasteiger partial charge is 0.458 e. The van der Waals surface area contributed by atoms with Gasteiger partial charge in [0.05, 0.1) is 11.3 Å². The Hall–Kier alpha value is -2.28. The zero-order chi connectivity index (χ0) is 17.9. The van der Waals surface area contributed by atoms with Crippen molar-refractivity contribution in [2.24, 2.45) is 7.05 Å². The van der Waals surface area contributed by atoms with Crippen molar-refractivity contribution in [1.29, 1.82) is 0 Å². The first-order valence-electron chi connectivity index (χ1n) is 6.88. The second-order valence-corrected chi connectivity index (χ2v) is 5.41. The zero-order valence-corrected chi connectivity index (χ0v) is 13.6. The molecular formula is C16H14ClF3N2O2. The van der Waals surface area contributed by atoms with Crippen LogP contribution in [-0.2, 0) is 29.4 Å². The Balaban J connectivity index is 1.95. The molecule has 0 radical (unpaired) electrons. The van der Waals surface area contributed by atoms with Crippen molar-refractivity contribution in [1.82, 2.24) is 9.78 Å². The van der Waals surface area contributed by atoms with Crippen LogP contribution in [0, 0.1) is 6.92 Å². The molecule has 0 amide bonds. The molecule has 0 saturated carbocycles. The van der Waals surface area contributed by atoms with E-state index in [4.69, 9.17) is 16.3 Å². The first-order chi connectivity index (χ1) is 11.2. The summed E-state index contributed by atoms with van der Waals surface area (Å²) < 4.78 is 43.8. The number of aryl methyl sites for hydroxylation is 2. The van der Waals surface area contributed by atoms with E-state index in [9.17, 15) is 18.0 Å². The minimum absolute atomic E-state index is 0.124. The van der Waals surface area contributed by atoms with Crippen molar-refractivity contribution >= 4 is 23.6 Å².